The fourth-order valence-electron chi connectivity index (χ4n) is 2.22. The number of hydrogen-bond acceptors (Lipinski definition) is 6. The third kappa shape index (κ3) is 3.20. The number of nitrogens with zero attached hydrogens (tertiary/aromatic N) is 4. The first-order valence-electron chi connectivity index (χ1n) is 7.06. The zero-order chi connectivity index (χ0) is 16.2. The van der Waals surface area contributed by atoms with Crippen LogP contribution < -0.4 is 10.6 Å². The van der Waals surface area contributed by atoms with Crippen LogP contribution in [0.15, 0.2) is 35.3 Å². The molecule has 0 unspecified atom stereocenters. The Balaban J connectivity index is 1.72. The average Bonchev–Trinajstić information content (AvgIpc) is 2.95. The van der Waals surface area contributed by atoms with Gasteiger partial charge in [-0.05, 0) is 24.3 Å². The number of carbonyl (C=O) groups is 1. The minimum atomic E-state index is -0.952. The Labute approximate surface area is 132 Å². The van der Waals surface area contributed by atoms with Crippen LogP contribution in [0.3, 0.4) is 0 Å². The Morgan fingerprint density at radius 3 is 3.04 bits per heavy atom. The van der Waals surface area contributed by atoms with E-state index in [-0.39, 0.29) is 5.56 Å². The lowest BCUT2D eigenvalue weighted by Crippen LogP contribution is -2.17. The number of rotatable bonds is 5. The Bertz CT molecular complexity index is 793. The molecule has 3 N–H and O–H groups in total. The van der Waals surface area contributed by atoms with Crippen molar-refractivity contribution in [2.75, 3.05) is 11.9 Å². The van der Waals surface area contributed by atoms with E-state index in [0.29, 0.717) is 13.1 Å². The van der Waals surface area contributed by atoms with Crippen molar-refractivity contribution in [3.8, 4) is 0 Å². The molecular formula is C15H16N6O2. The van der Waals surface area contributed by atoms with E-state index in [1.807, 2.05) is 23.8 Å². The highest BCUT2D eigenvalue weighted by Crippen LogP contribution is 2.14. The summed E-state index contributed by atoms with van der Waals surface area (Å²) in [4.78, 5) is 15.0. The van der Waals surface area contributed by atoms with E-state index >= 15 is 0 Å². The average molecular weight is 312 g/mol. The number of aliphatic imine (C=N–C) groups is 1. The number of aromatic nitrogens is 3. The molecule has 8 nitrogen and oxygen atoms in total. The van der Waals surface area contributed by atoms with Crippen molar-refractivity contribution in [3.63, 3.8) is 0 Å². The standard InChI is InChI=1S/C15H16N6O2/c1-21-13(19-20-14(21)12-5-6-16-9-18-12)8-17-11-4-2-3-10(7-11)15(22)23/h2-5,7,9,17H,6,8H2,1H3,(H,16,18)(H,22,23). The van der Waals surface area contributed by atoms with Crippen LogP contribution in [0.1, 0.15) is 22.0 Å². The monoisotopic (exact) mass is 312 g/mol. The third-order valence-electron chi connectivity index (χ3n) is 3.48. The van der Waals surface area contributed by atoms with E-state index in [4.69, 9.17) is 5.11 Å². The maximum Gasteiger partial charge on any atom is 0.335 e. The molecule has 0 atom stereocenters. The Hall–Kier alpha value is -3.16. The minimum absolute atomic E-state index is 0.240. The molecule has 1 aliphatic heterocycles. The molecule has 118 valence electrons. The highest BCUT2D eigenvalue weighted by atomic mass is 16.4. The topological polar surface area (TPSA) is 104 Å². The van der Waals surface area contributed by atoms with Crippen molar-refractivity contribution in [3.05, 3.63) is 47.6 Å². The molecule has 0 amide bonds. The maximum absolute atomic E-state index is 11.0. The molecule has 0 spiro atoms. The molecule has 0 saturated heterocycles. The summed E-state index contributed by atoms with van der Waals surface area (Å²) in [7, 11) is 1.88. The number of benzene rings is 1. The van der Waals surface area contributed by atoms with Gasteiger partial charge in [-0.2, -0.15) is 0 Å². The number of carboxylic acid groups (broad SMARTS) is 1. The van der Waals surface area contributed by atoms with E-state index in [9.17, 15) is 4.79 Å². The van der Waals surface area contributed by atoms with Crippen molar-refractivity contribution in [1.29, 1.82) is 0 Å². The molecule has 0 radical (unpaired) electrons. The summed E-state index contributed by atoms with van der Waals surface area (Å²) in [5.41, 5.74) is 1.83. The van der Waals surface area contributed by atoms with Gasteiger partial charge in [0.2, 0.25) is 0 Å². The van der Waals surface area contributed by atoms with Crippen LogP contribution >= 0.6 is 0 Å². The molecule has 0 saturated carbocycles. The molecule has 8 heteroatoms. The van der Waals surface area contributed by atoms with E-state index in [1.54, 1.807) is 24.5 Å². The lowest BCUT2D eigenvalue weighted by Gasteiger charge is -2.11. The Kier molecular flexibility index (Phi) is 4.05. The van der Waals surface area contributed by atoms with Gasteiger partial charge < -0.3 is 20.3 Å². The van der Waals surface area contributed by atoms with Crippen LogP contribution in [-0.2, 0) is 13.6 Å². The van der Waals surface area contributed by atoms with Gasteiger partial charge in [0.05, 0.1) is 30.7 Å². The summed E-state index contributed by atoms with van der Waals surface area (Å²) < 4.78 is 1.88. The van der Waals surface area contributed by atoms with E-state index in [1.165, 1.54) is 0 Å². The summed E-state index contributed by atoms with van der Waals surface area (Å²) in [5.74, 6) is 0.518. The van der Waals surface area contributed by atoms with Gasteiger partial charge in [-0.1, -0.05) is 6.07 Å². The van der Waals surface area contributed by atoms with Crippen molar-refractivity contribution in [2.24, 2.45) is 12.0 Å². The number of nitrogens with one attached hydrogen (secondary N) is 2. The predicted octanol–water partition coefficient (Wildman–Crippen LogP) is 1.10. The minimum Gasteiger partial charge on any atom is -0.478 e. The summed E-state index contributed by atoms with van der Waals surface area (Å²) in [6, 6.07) is 6.65. The molecule has 3 rings (SSSR count). The molecule has 0 aliphatic carbocycles. The molecule has 2 heterocycles. The molecule has 1 aromatic heterocycles. The quantitative estimate of drug-likeness (QED) is 0.763. The van der Waals surface area contributed by atoms with Gasteiger partial charge >= 0.3 is 5.97 Å². The van der Waals surface area contributed by atoms with E-state index < -0.39 is 5.97 Å². The smallest absolute Gasteiger partial charge is 0.335 e. The molecular weight excluding hydrogens is 296 g/mol. The fourth-order valence-corrected chi connectivity index (χ4v) is 2.22. The predicted molar refractivity (Wildman–Crippen MR) is 86.2 cm³/mol. The zero-order valence-corrected chi connectivity index (χ0v) is 12.5. The highest BCUT2D eigenvalue weighted by molar-refractivity contribution is 5.88. The molecule has 1 aromatic carbocycles. The normalized spacial score (nSPS) is 13.3. The number of carboxylic acids is 1. The second-order valence-electron chi connectivity index (χ2n) is 4.99. The zero-order valence-electron chi connectivity index (χ0n) is 12.5. The van der Waals surface area contributed by atoms with Crippen LogP contribution in [0.5, 0.6) is 0 Å². The largest absolute Gasteiger partial charge is 0.478 e. The van der Waals surface area contributed by atoms with Crippen LogP contribution in [-0.4, -0.2) is 38.7 Å². The van der Waals surface area contributed by atoms with E-state index in [0.717, 1.165) is 23.0 Å². The summed E-state index contributed by atoms with van der Waals surface area (Å²) >= 11 is 0. The first kappa shape index (κ1) is 14.8. The lowest BCUT2D eigenvalue weighted by atomic mass is 10.2. The first-order valence-corrected chi connectivity index (χ1v) is 7.06. The van der Waals surface area contributed by atoms with Crippen molar-refractivity contribution in [1.82, 2.24) is 20.1 Å². The summed E-state index contributed by atoms with van der Waals surface area (Å²) in [6.45, 7) is 1.05. The SMILES string of the molecule is Cn1c(CNc2cccc(C(=O)O)c2)nnc1C1=CCN=CN1. The van der Waals surface area contributed by atoms with Gasteiger partial charge in [-0.15, -0.1) is 10.2 Å². The van der Waals surface area contributed by atoms with Crippen molar-refractivity contribution in [2.45, 2.75) is 6.54 Å². The Morgan fingerprint density at radius 2 is 2.30 bits per heavy atom. The van der Waals surface area contributed by atoms with Gasteiger partial charge in [0.25, 0.3) is 0 Å². The van der Waals surface area contributed by atoms with Gasteiger partial charge in [0.15, 0.2) is 11.6 Å². The molecule has 1 aliphatic rings. The summed E-state index contributed by atoms with van der Waals surface area (Å²) in [5, 5.41) is 23.6. The molecule has 0 bridgehead atoms. The number of hydrogen-bond donors (Lipinski definition) is 3. The molecule has 23 heavy (non-hydrogen) atoms. The molecule has 0 fully saturated rings. The van der Waals surface area contributed by atoms with Crippen molar-refractivity contribution >= 4 is 23.7 Å². The van der Waals surface area contributed by atoms with Gasteiger partial charge in [0, 0.05) is 12.7 Å². The van der Waals surface area contributed by atoms with Crippen LogP contribution in [0.2, 0.25) is 0 Å². The fraction of sp³-hybridized carbons (Fsp3) is 0.200. The van der Waals surface area contributed by atoms with Gasteiger partial charge in [-0.3, -0.25) is 4.99 Å². The van der Waals surface area contributed by atoms with Crippen LogP contribution in [0, 0.1) is 0 Å². The van der Waals surface area contributed by atoms with Crippen molar-refractivity contribution < 1.29 is 9.90 Å². The number of aromatic carboxylic acids is 1. The van der Waals surface area contributed by atoms with Crippen LogP contribution in [0.25, 0.3) is 5.70 Å². The maximum atomic E-state index is 11.0. The van der Waals surface area contributed by atoms with E-state index in [2.05, 4.69) is 25.8 Å². The third-order valence-corrected chi connectivity index (χ3v) is 3.48. The second-order valence-corrected chi connectivity index (χ2v) is 4.99. The second kappa shape index (κ2) is 6.30. The first-order chi connectivity index (χ1) is 11.1. The summed E-state index contributed by atoms with van der Waals surface area (Å²) in [6.07, 6.45) is 3.58. The molecule has 2 aromatic rings. The van der Waals surface area contributed by atoms with Crippen LogP contribution in [0.4, 0.5) is 5.69 Å². The number of anilines is 1. The Morgan fingerprint density at radius 1 is 1.43 bits per heavy atom. The van der Waals surface area contributed by atoms with Gasteiger partial charge in [0.1, 0.15) is 0 Å². The highest BCUT2D eigenvalue weighted by Gasteiger charge is 2.13. The lowest BCUT2D eigenvalue weighted by molar-refractivity contribution is 0.0697. The van der Waals surface area contributed by atoms with Gasteiger partial charge in [-0.25, -0.2) is 4.79 Å².